The summed E-state index contributed by atoms with van der Waals surface area (Å²) in [5.74, 6) is -4.06. The minimum atomic E-state index is -1.84. The van der Waals surface area contributed by atoms with Crippen molar-refractivity contribution < 1.29 is 59.2 Å². The van der Waals surface area contributed by atoms with E-state index in [1.165, 1.54) is 6.07 Å². The molecule has 0 spiro atoms. The predicted molar refractivity (Wildman–Crippen MR) is 168 cm³/mol. The summed E-state index contributed by atoms with van der Waals surface area (Å²) in [6, 6.07) is 2.31. The number of Topliss-reactive ketones (excluding diaryl/α,β-unsaturated/α-hetero) is 1. The minimum absolute atomic E-state index is 0.0117. The number of hydrogen-bond acceptors (Lipinski definition) is 13. The highest BCUT2D eigenvalue weighted by Crippen LogP contribution is 2.67. The average Bonchev–Trinajstić information content (AvgIpc) is 3.33. The molecule has 1 aromatic rings. The van der Waals surface area contributed by atoms with E-state index >= 15 is 0 Å². The van der Waals surface area contributed by atoms with Crippen LogP contribution in [-0.4, -0.2) is 81.5 Å². The lowest BCUT2D eigenvalue weighted by atomic mass is 9.46. The van der Waals surface area contributed by atoms with Gasteiger partial charge in [0.25, 0.3) is 0 Å². The maximum Gasteiger partial charge on any atom is 0.328 e. The van der Waals surface area contributed by atoms with Crippen LogP contribution in [0.25, 0.3) is 0 Å². The largest absolute Gasteiger partial charge is 0.871 e. The summed E-state index contributed by atoms with van der Waals surface area (Å²) in [6.07, 6.45) is 5.55. The third-order valence-electron chi connectivity index (χ3n) is 11.5. The normalized spacial score (nSPS) is 32.1. The smallest absolute Gasteiger partial charge is 0.328 e. The lowest BCUT2D eigenvalue weighted by Gasteiger charge is -2.59. The number of ketones is 2. The lowest BCUT2D eigenvalue weighted by Crippen LogP contribution is -2.61. The second kappa shape index (κ2) is 13.7. The van der Waals surface area contributed by atoms with Crippen molar-refractivity contribution in [2.75, 3.05) is 18.9 Å². The number of carbonyl (C=O) groups excluding carboxylic acids is 5. The zero-order valence-electron chi connectivity index (χ0n) is 27.7. The van der Waals surface area contributed by atoms with Crippen molar-refractivity contribution in [1.29, 1.82) is 0 Å². The van der Waals surface area contributed by atoms with Gasteiger partial charge in [-0.15, -0.1) is 5.23 Å². The number of ether oxygens (including phenoxy) is 2. The third kappa shape index (κ3) is 6.62. The number of methoxy groups -OCH3 is 1. The number of fused-ring (bicyclic) bond motifs is 5. The van der Waals surface area contributed by atoms with E-state index < -0.39 is 83.1 Å². The molecule has 49 heavy (non-hydrogen) atoms. The summed E-state index contributed by atoms with van der Waals surface area (Å²) < 4.78 is 9.93. The van der Waals surface area contributed by atoms with Crippen LogP contribution in [0.3, 0.4) is 0 Å². The van der Waals surface area contributed by atoms with Crippen LogP contribution in [0.4, 0.5) is 5.69 Å². The molecule has 0 aromatic heterocycles. The summed E-state index contributed by atoms with van der Waals surface area (Å²) >= 11 is 0. The molecule has 266 valence electrons. The molecule has 8 unspecified atom stereocenters. The van der Waals surface area contributed by atoms with Gasteiger partial charge in [-0.05, 0) is 67.7 Å². The molecule has 1 aromatic carbocycles. The number of esters is 2. The number of amides is 1. The SMILES string of the molecule is COC(=O)C(Cc1ccc([O-])c(N(O)O)c1)NC(=O)CCC(=O)OCC(=O)C1(O)CCC2C3CCC4=CC(=O)C=CC4(C)C3C(O)CC21C. The Balaban J connectivity index is 1.16. The number of nitrogens with one attached hydrogen (secondary N) is 1. The van der Waals surface area contributed by atoms with Crippen LogP contribution < -0.4 is 15.6 Å². The molecule has 0 heterocycles. The lowest BCUT2D eigenvalue weighted by molar-refractivity contribution is -0.268. The number of rotatable bonds is 11. The highest BCUT2D eigenvalue weighted by molar-refractivity contribution is 6.01. The van der Waals surface area contributed by atoms with E-state index in [4.69, 9.17) is 9.47 Å². The van der Waals surface area contributed by atoms with Gasteiger partial charge in [-0.2, -0.15) is 0 Å². The molecule has 0 aliphatic heterocycles. The molecule has 5 N–H and O–H groups in total. The second-order valence-corrected chi connectivity index (χ2v) is 14.1. The zero-order chi connectivity index (χ0) is 35.9. The molecule has 5 rings (SSSR count). The first-order valence-corrected chi connectivity index (χ1v) is 16.4. The van der Waals surface area contributed by atoms with Gasteiger partial charge in [-0.3, -0.25) is 29.6 Å². The summed E-state index contributed by atoms with van der Waals surface area (Å²) in [6.45, 7) is 3.14. The van der Waals surface area contributed by atoms with Crippen LogP contribution in [0, 0.1) is 28.6 Å². The van der Waals surface area contributed by atoms with Gasteiger partial charge in [-0.1, -0.05) is 43.4 Å². The van der Waals surface area contributed by atoms with Crippen LogP contribution in [0.2, 0.25) is 0 Å². The van der Waals surface area contributed by atoms with E-state index in [9.17, 15) is 49.7 Å². The highest BCUT2D eigenvalue weighted by atomic mass is 16.8. The van der Waals surface area contributed by atoms with Crippen LogP contribution >= 0.6 is 0 Å². The molecule has 1 amide bonds. The molecule has 8 atom stereocenters. The van der Waals surface area contributed by atoms with Crippen LogP contribution in [0.1, 0.15) is 64.4 Å². The molecule has 3 saturated carbocycles. The Morgan fingerprint density at radius 3 is 2.57 bits per heavy atom. The van der Waals surface area contributed by atoms with Gasteiger partial charge >= 0.3 is 11.9 Å². The van der Waals surface area contributed by atoms with Gasteiger partial charge in [0.2, 0.25) is 11.7 Å². The van der Waals surface area contributed by atoms with Crippen molar-refractivity contribution in [2.24, 2.45) is 28.6 Å². The number of hydrogen-bond donors (Lipinski definition) is 5. The van der Waals surface area contributed by atoms with Crippen LogP contribution in [0.15, 0.2) is 42.0 Å². The average molecular weight is 684 g/mol. The quantitative estimate of drug-likeness (QED) is 0.165. The Morgan fingerprint density at radius 1 is 1.14 bits per heavy atom. The van der Waals surface area contributed by atoms with E-state index in [-0.39, 0.29) is 48.0 Å². The Labute approximate surface area is 283 Å². The summed E-state index contributed by atoms with van der Waals surface area (Å²) in [5.41, 5.74) is -2.45. The molecule has 4 aliphatic rings. The highest BCUT2D eigenvalue weighted by Gasteiger charge is 2.68. The number of anilines is 1. The summed E-state index contributed by atoms with van der Waals surface area (Å²) in [7, 11) is 1.11. The molecule has 14 heteroatoms. The van der Waals surface area contributed by atoms with Gasteiger partial charge in [0.05, 0.1) is 25.3 Å². The zero-order valence-corrected chi connectivity index (χ0v) is 27.7. The second-order valence-electron chi connectivity index (χ2n) is 14.1. The minimum Gasteiger partial charge on any atom is -0.871 e. The monoisotopic (exact) mass is 683 g/mol. The number of aliphatic hydroxyl groups is 2. The van der Waals surface area contributed by atoms with E-state index in [1.54, 1.807) is 12.2 Å². The third-order valence-corrected chi connectivity index (χ3v) is 11.5. The molecule has 4 aliphatic carbocycles. The first-order chi connectivity index (χ1) is 23.0. The number of benzene rings is 1. The van der Waals surface area contributed by atoms with Crippen molar-refractivity contribution in [3.8, 4) is 5.75 Å². The van der Waals surface area contributed by atoms with Gasteiger partial charge < -0.3 is 30.1 Å². The van der Waals surface area contributed by atoms with Crippen molar-refractivity contribution in [3.63, 3.8) is 0 Å². The standard InChI is InChI=1S/C35H44N2O12/c1-33-12-10-21(38)16-20(33)5-6-22-23-11-13-35(45,34(23,2)17-27(40)31(22)33)28(41)18-49-30(43)9-8-29(42)36-24(32(44)48-3)14-19-4-7-26(39)25(15-19)37(46)47/h4,7,10,12,15-16,22-24,27,31,39-40,45-47H,5-6,8-9,11,13-14,17-18H2,1-3H3,(H,36,42)/p-1. The van der Waals surface area contributed by atoms with Crippen LogP contribution in [-0.2, 0) is 39.9 Å². The first kappa shape index (κ1) is 36.2. The maximum atomic E-state index is 13.5. The fourth-order valence-electron chi connectivity index (χ4n) is 9.03. The Hall–Kier alpha value is -4.11. The van der Waals surface area contributed by atoms with Crippen molar-refractivity contribution in [1.82, 2.24) is 5.32 Å². The van der Waals surface area contributed by atoms with Crippen molar-refractivity contribution in [3.05, 3.63) is 47.6 Å². The van der Waals surface area contributed by atoms with E-state index in [0.29, 0.717) is 18.4 Å². The molecule has 14 nitrogen and oxygen atoms in total. The molecule has 0 radical (unpaired) electrons. The maximum absolute atomic E-state index is 13.5. The topological polar surface area (TPSA) is 223 Å². The predicted octanol–water partition coefficient (Wildman–Crippen LogP) is 1.45. The van der Waals surface area contributed by atoms with Crippen molar-refractivity contribution >= 4 is 35.1 Å². The summed E-state index contributed by atoms with van der Waals surface area (Å²) in [5, 5.41) is 55.7. The molecule has 3 fully saturated rings. The molecule has 0 bridgehead atoms. The first-order valence-electron chi connectivity index (χ1n) is 16.4. The fraction of sp³-hybridized carbons (Fsp3) is 0.571. The van der Waals surface area contributed by atoms with E-state index in [2.05, 4.69) is 5.32 Å². The number of allylic oxidation sites excluding steroid dienone is 4. The van der Waals surface area contributed by atoms with Gasteiger partial charge in [0, 0.05) is 29.6 Å². The molecule has 0 saturated heterocycles. The van der Waals surface area contributed by atoms with E-state index in [0.717, 1.165) is 31.2 Å². The van der Waals surface area contributed by atoms with Crippen molar-refractivity contribution in [2.45, 2.75) is 83.0 Å². The Morgan fingerprint density at radius 2 is 1.88 bits per heavy atom. The van der Waals surface area contributed by atoms with Crippen LogP contribution in [0.5, 0.6) is 5.75 Å². The number of aliphatic hydroxyl groups excluding tert-OH is 1. The Kier molecular flexibility index (Phi) is 10.1. The Bertz CT molecular complexity index is 1590. The summed E-state index contributed by atoms with van der Waals surface area (Å²) in [4.78, 5) is 63.1. The molecular weight excluding hydrogens is 640 g/mol. The number of nitrogens with zero attached hydrogens (tertiary/aromatic N) is 1. The van der Waals surface area contributed by atoms with Gasteiger partial charge in [0.15, 0.2) is 12.4 Å². The fourth-order valence-corrected chi connectivity index (χ4v) is 9.03. The van der Waals surface area contributed by atoms with Gasteiger partial charge in [0.1, 0.15) is 11.6 Å². The van der Waals surface area contributed by atoms with E-state index in [1.807, 2.05) is 19.9 Å². The van der Waals surface area contributed by atoms with Gasteiger partial charge in [-0.25, -0.2) is 4.79 Å². The number of carbonyl (C=O) groups is 5. The molecular formula is C35H43N2O12-.